The molecular formula is C21H18N4O2S. The Morgan fingerprint density at radius 2 is 1.82 bits per heavy atom. The summed E-state index contributed by atoms with van der Waals surface area (Å²) in [5, 5.41) is 5.42. The van der Waals surface area contributed by atoms with E-state index in [4.69, 9.17) is 0 Å². The van der Waals surface area contributed by atoms with Crippen LogP contribution in [-0.4, -0.2) is 27.9 Å². The number of hydrogen-bond donors (Lipinski definition) is 2. The summed E-state index contributed by atoms with van der Waals surface area (Å²) in [7, 11) is 0. The first kappa shape index (κ1) is 17.9. The van der Waals surface area contributed by atoms with Crippen LogP contribution in [0, 0.1) is 6.92 Å². The highest BCUT2D eigenvalue weighted by Gasteiger charge is 2.10. The molecule has 0 saturated carbocycles. The summed E-state index contributed by atoms with van der Waals surface area (Å²) in [6.07, 6.45) is 1.78. The minimum Gasteiger partial charge on any atom is -0.342 e. The second-order valence-corrected chi connectivity index (χ2v) is 7.58. The summed E-state index contributed by atoms with van der Waals surface area (Å²) < 4.78 is 1.99. The van der Waals surface area contributed by atoms with E-state index in [0.29, 0.717) is 10.6 Å². The van der Waals surface area contributed by atoms with Gasteiger partial charge in [0.1, 0.15) is 6.33 Å². The number of carbonyl (C=O) groups is 2. The second kappa shape index (κ2) is 7.66. The quantitative estimate of drug-likeness (QED) is 0.545. The van der Waals surface area contributed by atoms with Crippen molar-refractivity contribution in [2.45, 2.75) is 6.92 Å². The van der Waals surface area contributed by atoms with Gasteiger partial charge < -0.3 is 10.6 Å². The number of anilines is 1. The van der Waals surface area contributed by atoms with Gasteiger partial charge in [-0.2, -0.15) is 0 Å². The molecule has 0 fully saturated rings. The van der Waals surface area contributed by atoms with Crippen LogP contribution in [0.25, 0.3) is 16.7 Å². The Morgan fingerprint density at radius 1 is 1.04 bits per heavy atom. The third-order valence-corrected chi connectivity index (χ3v) is 5.26. The fourth-order valence-corrected chi connectivity index (χ4v) is 3.66. The summed E-state index contributed by atoms with van der Waals surface area (Å²) in [6.45, 7) is 1.86. The van der Waals surface area contributed by atoms with Crippen molar-refractivity contribution < 1.29 is 9.59 Å². The normalized spacial score (nSPS) is 10.8. The summed E-state index contributed by atoms with van der Waals surface area (Å²) >= 11 is 1.40. The standard InChI is InChI=1S/C21H18N4O2S/c1-14-6-11-19(28-14)21(27)22-12-20(26)24-15-7-9-16(10-8-15)25-13-23-17-4-2-3-5-18(17)25/h2-11,13H,12H2,1H3,(H,22,27)(H,24,26). The van der Waals surface area contributed by atoms with E-state index >= 15 is 0 Å². The number of amides is 2. The van der Waals surface area contributed by atoms with Crippen molar-refractivity contribution in [1.29, 1.82) is 0 Å². The molecule has 0 aliphatic carbocycles. The van der Waals surface area contributed by atoms with E-state index in [0.717, 1.165) is 21.6 Å². The molecule has 4 rings (SSSR count). The van der Waals surface area contributed by atoms with Gasteiger partial charge in [-0.05, 0) is 55.5 Å². The smallest absolute Gasteiger partial charge is 0.261 e. The first-order valence-electron chi connectivity index (χ1n) is 8.77. The van der Waals surface area contributed by atoms with Gasteiger partial charge in [0.2, 0.25) is 5.91 Å². The van der Waals surface area contributed by atoms with Crippen molar-refractivity contribution >= 4 is 39.9 Å². The van der Waals surface area contributed by atoms with E-state index in [-0.39, 0.29) is 18.4 Å². The van der Waals surface area contributed by atoms with Crippen LogP contribution in [0.5, 0.6) is 0 Å². The van der Waals surface area contributed by atoms with E-state index in [2.05, 4.69) is 15.6 Å². The molecule has 0 aliphatic heterocycles. The van der Waals surface area contributed by atoms with Gasteiger partial charge in [-0.1, -0.05) is 12.1 Å². The Morgan fingerprint density at radius 3 is 2.57 bits per heavy atom. The molecule has 28 heavy (non-hydrogen) atoms. The molecule has 7 heteroatoms. The number of carbonyl (C=O) groups excluding carboxylic acids is 2. The first-order valence-corrected chi connectivity index (χ1v) is 9.59. The molecule has 2 heterocycles. The van der Waals surface area contributed by atoms with E-state index in [1.54, 1.807) is 12.4 Å². The van der Waals surface area contributed by atoms with Gasteiger partial charge in [0.15, 0.2) is 0 Å². The van der Waals surface area contributed by atoms with Crippen LogP contribution >= 0.6 is 11.3 Å². The van der Waals surface area contributed by atoms with Crippen molar-refractivity contribution in [3.8, 4) is 5.69 Å². The highest BCUT2D eigenvalue weighted by molar-refractivity contribution is 7.13. The van der Waals surface area contributed by atoms with Crippen LogP contribution in [0.1, 0.15) is 14.5 Å². The molecule has 0 bridgehead atoms. The zero-order chi connectivity index (χ0) is 19.5. The SMILES string of the molecule is Cc1ccc(C(=O)NCC(=O)Nc2ccc(-n3cnc4ccccc43)cc2)s1. The highest BCUT2D eigenvalue weighted by atomic mass is 32.1. The monoisotopic (exact) mass is 390 g/mol. The molecule has 2 N–H and O–H groups in total. The topological polar surface area (TPSA) is 76.0 Å². The molecule has 0 spiro atoms. The lowest BCUT2D eigenvalue weighted by Gasteiger charge is -2.08. The zero-order valence-electron chi connectivity index (χ0n) is 15.2. The minimum absolute atomic E-state index is 0.0797. The molecule has 2 aromatic heterocycles. The van der Waals surface area contributed by atoms with E-state index in [1.807, 2.05) is 66.1 Å². The minimum atomic E-state index is -0.276. The third-order valence-electron chi connectivity index (χ3n) is 4.26. The van der Waals surface area contributed by atoms with Gasteiger partial charge in [0.05, 0.1) is 22.5 Å². The highest BCUT2D eigenvalue weighted by Crippen LogP contribution is 2.19. The van der Waals surface area contributed by atoms with Crippen molar-refractivity contribution in [3.63, 3.8) is 0 Å². The Hall–Kier alpha value is -3.45. The lowest BCUT2D eigenvalue weighted by molar-refractivity contribution is -0.115. The predicted octanol–water partition coefficient (Wildman–Crippen LogP) is 3.76. The third kappa shape index (κ3) is 3.79. The van der Waals surface area contributed by atoms with Gasteiger partial charge in [-0.15, -0.1) is 11.3 Å². The van der Waals surface area contributed by atoms with Gasteiger partial charge in [-0.3, -0.25) is 14.2 Å². The number of imidazole rings is 1. The van der Waals surface area contributed by atoms with E-state index in [9.17, 15) is 9.59 Å². The molecular weight excluding hydrogens is 372 g/mol. The van der Waals surface area contributed by atoms with E-state index in [1.165, 1.54) is 11.3 Å². The second-order valence-electron chi connectivity index (χ2n) is 6.29. The molecule has 0 radical (unpaired) electrons. The largest absolute Gasteiger partial charge is 0.342 e. The molecule has 2 amide bonds. The van der Waals surface area contributed by atoms with E-state index < -0.39 is 0 Å². The van der Waals surface area contributed by atoms with Crippen molar-refractivity contribution in [3.05, 3.63) is 76.7 Å². The van der Waals surface area contributed by atoms with Crippen LogP contribution in [-0.2, 0) is 4.79 Å². The number of rotatable bonds is 5. The Labute approximate surface area is 165 Å². The number of nitrogens with zero attached hydrogens (tertiary/aromatic N) is 2. The van der Waals surface area contributed by atoms with Crippen LogP contribution in [0.3, 0.4) is 0 Å². The Bertz CT molecular complexity index is 1140. The number of benzene rings is 2. The summed E-state index contributed by atoms with van der Waals surface area (Å²) in [4.78, 5) is 30.2. The predicted molar refractivity (Wildman–Crippen MR) is 111 cm³/mol. The lowest BCUT2D eigenvalue weighted by Crippen LogP contribution is -2.32. The van der Waals surface area contributed by atoms with Crippen LogP contribution in [0.15, 0.2) is 67.0 Å². The molecule has 0 atom stereocenters. The fraction of sp³-hybridized carbons (Fsp3) is 0.0952. The van der Waals surface area contributed by atoms with Crippen LogP contribution < -0.4 is 10.6 Å². The molecule has 140 valence electrons. The molecule has 6 nitrogen and oxygen atoms in total. The average Bonchev–Trinajstić information content (AvgIpc) is 3.33. The number of aromatic nitrogens is 2. The maximum absolute atomic E-state index is 12.1. The zero-order valence-corrected chi connectivity index (χ0v) is 16.0. The summed E-state index contributed by atoms with van der Waals surface area (Å²) in [6, 6.07) is 19.0. The number of para-hydroxylation sites is 2. The lowest BCUT2D eigenvalue weighted by atomic mass is 10.2. The number of aryl methyl sites for hydroxylation is 1. The fourth-order valence-electron chi connectivity index (χ4n) is 2.88. The number of nitrogens with one attached hydrogen (secondary N) is 2. The van der Waals surface area contributed by atoms with Crippen molar-refractivity contribution in [1.82, 2.24) is 14.9 Å². The maximum Gasteiger partial charge on any atom is 0.261 e. The van der Waals surface area contributed by atoms with Crippen molar-refractivity contribution in [2.24, 2.45) is 0 Å². The molecule has 0 aliphatic rings. The maximum atomic E-state index is 12.1. The average molecular weight is 390 g/mol. The van der Waals surface area contributed by atoms with Crippen molar-refractivity contribution in [2.75, 3.05) is 11.9 Å². The number of thiophene rings is 1. The number of fused-ring (bicyclic) bond motifs is 1. The Balaban J connectivity index is 1.37. The summed E-state index contributed by atoms with van der Waals surface area (Å²) in [5.74, 6) is -0.516. The number of hydrogen-bond acceptors (Lipinski definition) is 4. The van der Waals surface area contributed by atoms with Gasteiger partial charge >= 0.3 is 0 Å². The van der Waals surface area contributed by atoms with Crippen LogP contribution in [0.2, 0.25) is 0 Å². The molecule has 0 unspecified atom stereocenters. The molecule has 4 aromatic rings. The van der Waals surface area contributed by atoms with Gasteiger partial charge in [-0.25, -0.2) is 4.98 Å². The van der Waals surface area contributed by atoms with Crippen LogP contribution in [0.4, 0.5) is 5.69 Å². The molecule has 2 aromatic carbocycles. The summed E-state index contributed by atoms with van der Waals surface area (Å²) in [5.41, 5.74) is 3.56. The first-order chi connectivity index (χ1) is 13.6. The van der Waals surface area contributed by atoms with Gasteiger partial charge in [0, 0.05) is 16.3 Å². The molecule has 0 saturated heterocycles. The Kier molecular flexibility index (Phi) is 4.90. The van der Waals surface area contributed by atoms with Gasteiger partial charge in [0.25, 0.3) is 5.91 Å².